The van der Waals surface area contributed by atoms with Crippen molar-refractivity contribution in [2.45, 2.75) is 50.2 Å². The summed E-state index contributed by atoms with van der Waals surface area (Å²) >= 11 is 4.35. The van der Waals surface area contributed by atoms with Gasteiger partial charge in [0.1, 0.15) is 0 Å². The molecule has 0 aliphatic carbocycles. The molecule has 1 heterocycles. The molecule has 0 bridgehead atoms. The molecule has 1 saturated heterocycles. The molecule has 83 valence electrons. The van der Waals surface area contributed by atoms with E-state index in [-0.39, 0.29) is 0 Å². The van der Waals surface area contributed by atoms with Gasteiger partial charge in [0.05, 0.1) is 0 Å². The Morgan fingerprint density at radius 1 is 1.00 bits per heavy atom. The first-order chi connectivity index (χ1) is 6.93. The Balaban J connectivity index is 1.82. The average molecular weight is 231 g/mol. The van der Waals surface area contributed by atoms with Crippen molar-refractivity contribution in [1.29, 1.82) is 0 Å². The summed E-state index contributed by atoms with van der Waals surface area (Å²) in [7, 11) is 0. The average Bonchev–Trinajstić information content (AvgIpc) is 2.25. The summed E-state index contributed by atoms with van der Waals surface area (Å²) in [6, 6.07) is 0. The first kappa shape index (κ1) is 12.8. The van der Waals surface area contributed by atoms with E-state index in [9.17, 15) is 0 Å². The highest BCUT2D eigenvalue weighted by molar-refractivity contribution is 8.06. The molecule has 0 nitrogen and oxygen atoms in total. The molecule has 1 aliphatic rings. The van der Waals surface area contributed by atoms with Crippen LogP contribution in [0.25, 0.3) is 0 Å². The van der Waals surface area contributed by atoms with E-state index in [4.69, 9.17) is 0 Å². The van der Waals surface area contributed by atoms with Crippen LogP contribution in [0.4, 0.5) is 0 Å². The predicted octanol–water partition coefficient (Wildman–Crippen LogP) is 4.40. The smallest absolute Gasteiger partial charge is 0.0138 e. The summed E-state index contributed by atoms with van der Waals surface area (Å²) in [4.78, 5) is 0. The molecular weight excluding hydrogens is 208 g/mol. The molecule has 0 aromatic heterocycles. The van der Waals surface area contributed by atoms with Crippen LogP contribution in [-0.2, 0) is 0 Å². The fraction of sp³-hybridized carbons (Fsp3) is 0.917. The first-order valence-corrected chi connectivity index (χ1v) is 8.12. The molecule has 2 heteroatoms. The van der Waals surface area contributed by atoms with E-state index in [1.165, 1.54) is 55.8 Å². The molecular formula is C12H23S2. The Hall–Kier alpha value is 0.700. The van der Waals surface area contributed by atoms with E-state index >= 15 is 0 Å². The van der Waals surface area contributed by atoms with E-state index in [1.54, 1.807) is 0 Å². The number of hydrogen-bond donors (Lipinski definition) is 0. The zero-order valence-corrected chi connectivity index (χ0v) is 10.8. The second kappa shape index (κ2) is 8.96. The molecule has 1 rings (SSSR count). The van der Waals surface area contributed by atoms with Crippen molar-refractivity contribution in [3.63, 3.8) is 0 Å². The number of thioether (sulfide) groups is 2. The molecule has 0 N–H and O–H groups in total. The van der Waals surface area contributed by atoms with Crippen molar-refractivity contribution in [3.05, 3.63) is 6.92 Å². The maximum Gasteiger partial charge on any atom is 0.0138 e. The minimum absolute atomic E-state index is 0.974. The first-order valence-electron chi connectivity index (χ1n) is 5.92. The van der Waals surface area contributed by atoms with Gasteiger partial charge in [-0.05, 0) is 6.42 Å². The summed E-state index contributed by atoms with van der Waals surface area (Å²) in [5.74, 6) is 4.17. The number of unbranched alkanes of at least 4 members (excludes halogenated alkanes) is 5. The zero-order chi connectivity index (χ0) is 10.1. The normalized spacial score (nSPS) is 22.5. The van der Waals surface area contributed by atoms with Crippen molar-refractivity contribution in [1.82, 2.24) is 0 Å². The molecule has 1 radical (unpaired) electrons. The van der Waals surface area contributed by atoms with Gasteiger partial charge in [-0.25, -0.2) is 0 Å². The van der Waals surface area contributed by atoms with Crippen molar-refractivity contribution >= 4 is 23.5 Å². The van der Waals surface area contributed by atoms with Gasteiger partial charge in [-0.2, -0.15) is 23.5 Å². The van der Waals surface area contributed by atoms with Gasteiger partial charge in [-0.3, -0.25) is 0 Å². The molecule has 1 aliphatic heterocycles. The minimum atomic E-state index is 0.974. The van der Waals surface area contributed by atoms with Crippen LogP contribution in [0.15, 0.2) is 0 Å². The molecule has 14 heavy (non-hydrogen) atoms. The van der Waals surface area contributed by atoms with Crippen LogP contribution in [0.3, 0.4) is 0 Å². The van der Waals surface area contributed by atoms with Crippen LogP contribution >= 0.6 is 23.5 Å². The molecule has 1 unspecified atom stereocenters. The lowest BCUT2D eigenvalue weighted by atomic mass is 10.1. The Bertz CT molecular complexity index is 119. The third-order valence-electron chi connectivity index (χ3n) is 2.66. The molecule has 0 aromatic rings. The summed E-state index contributed by atoms with van der Waals surface area (Å²) in [5.41, 5.74) is 0. The maximum atomic E-state index is 3.87. The lowest BCUT2D eigenvalue weighted by Crippen LogP contribution is -2.13. The van der Waals surface area contributed by atoms with Crippen LogP contribution in [-0.4, -0.2) is 22.5 Å². The zero-order valence-electron chi connectivity index (χ0n) is 9.17. The molecule has 1 atom stereocenters. The van der Waals surface area contributed by atoms with Crippen molar-refractivity contribution in [2.24, 2.45) is 0 Å². The van der Waals surface area contributed by atoms with Gasteiger partial charge in [0, 0.05) is 22.5 Å². The Labute approximate surface area is 98.0 Å². The Morgan fingerprint density at radius 2 is 1.79 bits per heavy atom. The lowest BCUT2D eigenvalue weighted by Gasteiger charge is -2.20. The van der Waals surface area contributed by atoms with Gasteiger partial charge < -0.3 is 0 Å². The minimum Gasteiger partial charge on any atom is -0.160 e. The second-order valence-corrected chi connectivity index (χ2v) is 6.54. The monoisotopic (exact) mass is 231 g/mol. The molecule has 0 aromatic carbocycles. The number of rotatable bonds is 7. The van der Waals surface area contributed by atoms with Crippen LogP contribution in [0.2, 0.25) is 0 Å². The van der Waals surface area contributed by atoms with Crippen LogP contribution in [0.5, 0.6) is 0 Å². The quantitative estimate of drug-likeness (QED) is 0.596. The standard InChI is InChI=1S/C12H23S2/c1-2-3-4-5-6-7-8-12-11-13-9-10-14-12/h12H,1-11H2. The van der Waals surface area contributed by atoms with Gasteiger partial charge in [-0.1, -0.05) is 45.4 Å². The summed E-state index contributed by atoms with van der Waals surface area (Å²) in [6.07, 6.45) is 9.64. The molecule has 0 saturated carbocycles. The third kappa shape index (κ3) is 6.23. The van der Waals surface area contributed by atoms with Gasteiger partial charge >= 0.3 is 0 Å². The fourth-order valence-electron chi connectivity index (χ4n) is 1.78. The number of hydrogen-bond acceptors (Lipinski definition) is 2. The van der Waals surface area contributed by atoms with Crippen LogP contribution in [0, 0.1) is 6.92 Å². The van der Waals surface area contributed by atoms with Gasteiger partial charge in [0.15, 0.2) is 0 Å². The topological polar surface area (TPSA) is 0 Å². The van der Waals surface area contributed by atoms with Crippen molar-refractivity contribution in [3.8, 4) is 0 Å². The van der Waals surface area contributed by atoms with Crippen molar-refractivity contribution < 1.29 is 0 Å². The van der Waals surface area contributed by atoms with Gasteiger partial charge in [0.2, 0.25) is 0 Å². The summed E-state index contributed by atoms with van der Waals surface area (Å²) < 4.78 is 0. The van der Waals surface area contributed by atoms with E-state index in [0.717, 1.165) is 11.7 Å². The van der Waals surface area contributed by atoms with E-state index in [1.807, 2.05) is 0 Å². The highest BCUT2D eigenvalue weighted by atomic mass is 32.2. The summed E-state index contributed by atoms with van der Waals surface area (Å²) in [5, 5.41) is 0.974. The fourth-order valence-corrected chi connectivity index (χ4v) is 4.58. The second-order valence-electron chi connectivity index (χ2n) is 3.98. The largest absolute Gasteiger partial charge is 0.160 e. The predicted molar refractivity (Wildman–Crippen MR) is 71.2 cm³/mol. The van der Waals surface area contributed by atoms with Gasteiger partial charge in [0.25, 0.3) is 0 Å². The summed E-state index contributed by atoms with van der Waals surface area (Å²) in [6.45, 7) is 3.87. The molecule has 0 spiro atoms. The van der Waals surface area contributed by atoms with E-state index in [0.29, 0.717) is 0 Å². The van der Waals surface area contributed by atoms with Crippen molar-refractivity contribution in [2.75, 3.05) is 17.3 Å². The molecule has 0 amide bonds. The van der Waals surface area contributed by atoms with Crippen LogP contribution in [0.1, 0.15) is 44.9 Å². The maximum absolute atomic E-state index is 3.87. The van der Waals surface area contributed by atoms with Crippen LogP contribution < -0.4 is 0 Å². The molecule has 1 fully saturated rings. The SMILES string of the molecule is [CH2]CCCCCCCC1CSCCS1. The van der Waals surface area contributed by atoms with Gasteiger partial charge in [-0.15, -0.1) is 0 Å². The highest BCUT2D eigenvalue weighted by Gasteiger charge is 2.12. The van der Waals surface area contributed by atoms with E-state index in [2.05, 4.69) is 30.4 Å². The lowest BCUT2D eigenvalue weighted by molar-refractivity contribution is 0.596. The third-order valence-corrected chi connectivity index (χ3v) is 5.57. The van der Waals surface area contributed by atoms with E-state index < -0.39 is 0 Å². The highest BCUT2D eigenvalue weighted by Crippen LogP contribution is 2.27. The Kier molecular flexibility index (Phi) is 8.18. The Morgan fingerprint density at radius 3 is 2.50 bits per heavy atom.